The number of hydrogen-bond donors (Lipinski definition) is 1. The molecule has 0 spiro atoms. The molecule has 0 aliphatic heterocycles. The minimum absolute atomic E-state index is 0.221. The first kappa shape index (κ1) is 21.9. The van der Waals surface area contributed by atoms with Crippen molar-refractivity contribution in [2.45, 2.75) is 46.3 Å². The van der Waals surface area contributed by atoms with E-state index in [0.717, 1.165) is 5.56 Å². The van der Waals surface area contributed by atoms with Gasteiger partial charge in [0.2, 0.25) is 0 Å². The average molecular weight is 406 g/mol. The molecule has 0 bridgehead atoms. The van der Waals surface area contributed by atoms with Crippen LogP contribution in [0.1, 0.15) is 46.2 Å². The van der Waals surface area contributed by atoms with E-state index in [1.165, 1.54) is 0 Å². The summed E-state index contributed by atoms with van der Waals surface area (Å²) in [5.74, 6) is 1.72. The number of carbonyl (C=O) groups excluding carboxylic acids is 1. The van der Waals surface area contributed by atoms with Gasteiger partial charge in [-0.05, 0) is 76.6 Å². The average Bonchev–Trinajstić information content (AvgIpc) is 2.65. The first-order valence-corrected chi connectivity index (χ1v) is 9.79. The Morgan fingerprint density at radius 3 is 2.25 bits per heavy atom. The first-order chi connectivity index (χ1) is 13.3. The smallest absolute Gasteiger partial charge is 0.264 e. The second-order valence-corrected chi connectivity index (χ2v) is 7.27. The zero-order chi connectivity index (χ0) is 20.7. The molecule has 28 heavy (non-hydrogen) atoms. The molecule has 0 aliphatic carbocycles. The highest BCUT2D eigenvalue weighted by Crippen LogP contribution is 2.31. The monoisotopic (exact) mass is 405 g/mol. The lowest BCUT2D eigenvalue weighted by molar-refractivity contribution is -0.134. The molecule has 2 rings (SSSR count). The Balaban J connectivity index is 2.09. The van der Waals surface area contributed by atoms with Gasteiger partial charge in [0, 0.05) is 5.02 Å². The van der Waals surface area contributed by atoms with Crippen LogP contribution >= 0.6 is 11.6 Å². The summed E-state index contributed by atoms with van der Waals surface area (Å²) in [7, 11) is 0. The van der Waals surface area contributed by atoms with Gasteiger partial charge in [0.15, 0.2) is 17.1 Å². The zero-order valence-electron chi connectivity index (χ0n) is 17.0. The summed E-state index contributed by atoms with van der Waals surface area (Å²) >= 11 is 5.89. The van der Waals surface area contributed by atoms with Crippen LogP contribution in [-0.2, 0) is 4.79 Å². The van der Waals surface area contributed by atoms with Crippen LogP contribution in [0.3, 0.4) is 0 Å². The van der Waals surface area contributed by atoms with E-state index in [-0.39, 0.29) is 11.9 Å². The van der Waals surface area contributed by atoms with E-state index < -0.39 is 5.60 Å². The third-order valence-electron chi connectivity index (χ3n) is 4.15. The SMILES string of the molecule is CCOc1ccc(C(C)NC(=O)C(C)(C)Oc2ccc(Cl)cc2)cc1OCC. The molecule has 5 nitrogen and oxygen atoms in total. The molecule has 0 saturated carbocycles. The summed E-state index contributed by atoms with van der Waals surface area (Å²) in [5.41, 5.74) is -0.127. The molecule has 2 aromatic carbocycles. The second-order valence-electron chi connectivity index (χ2n) is 6.83. The maximum atomic E-state index is 12.8. The number of amides is 1. The van der Waals surface area contributed by atoms with Crippen LogP contribution in [0.25, 0.3) is 0 Å². The Morgan fingerprint density at radius 1 is 1.04 bits per heavy atom. The van der Waals surface area contributed by atoms with Crippen molar-refractivity contribution in [1.29, 1.82) is 0 Å². The van der Waals surface area contributed by atoms with Gasteiger partial charge in [0.1, 0.15) is 5.75 Å². The van der Waals surface area contributed by atoms with E-state index in [0.29, 0.717) is 35.5 Å². The Bertz CT molecular complexity index is 790. The fraction of sp³-hybridized carbons (Fsp3) is 0.409. The summed E-state index contributed by atoms with van der Waals surface area (Å²) in [6, 6.07) is 12.4. The van der Waals surface area contributed by atoms with Gasteiger partial charge in [0.25, 0.3) is 5.91 Å². The van der Waals surface area contributed by atoms with Gasteiger partial charge in [-0.15, -0.1) is 0 Å². The molecular formula is C22H28ClNO4. The van der Waals surface area contributed by atoms with Gasteiger partial charge in [-0.1, -0.05) is 17.7 Å². The van der Waals surface area contributed by atoms with Crippen molar-refractivity contribution in [3.05, 3.63) is 53.1 Å². The first-order valence-electron chi connectivity index (χ1n) is 9.42. The van der Waals surface area contributed by atoms with Crippen LogP contribution in [0.15, 0.2) is 42.5 Å². The lowest BCUT2D eigenvalue weighted by atomic mass is 10.0. The molecular weight excluding hydrogens is 378 g/mol. The summed E-state index contributed by atoms with van der Waals surface area (Å²) in [6.45, 7) is 10.3. The summed E-state index contributed by atoms with van der Waals surface area (Å²) in [4.78, 5) is 12.8. The Labute approximate surface area is 171 Å². The number of halogens is 1. The van der Waals surface area contributed by atoms with Crippen molar-refractivity contribution in [3.8, 4) is 17.2 Å². The molecule has 0 fully saturated rings. The van der Waals surface area contributed by atoms with Crippen LogP contribution in [0, 0.1) is 0 Å². The highest BCUT2D eigenvalue weighted by atomic mass is 35.5. The molecule has 0 heterocycles. The molecule has 1 atom stereocenters. The minimum atomic E-state index is -1.05. The molecule has 0 saturated heterocycles. The lowest BCUT2D eigenvalue weighted by Gasteiger charge is -2.27. The normalized spacial score (nSPS) is 12.2. The van der Waals surface area contributed by atoms with E-state index in [4.69, 9.17) is 25.8 Å². The number of carbonyl (C=O) groups is 1. The molecule has 1 N–H and O–H groups in total. The predicted molar refractivity (Wildman–Crippen MR) is 111 cm³/mol. The molecule has 2 aromatic rings. The molecule has 0 aliphatic rings. The highest BCUT2D eigenvalue weighted by molar-refractivity contribution is 6.30. The van der Waals surface area contributed by atoms with Gasteiger partial charge >= 0.3 is 0 Å². The molecule has 0 radical (unpaired) electrons. The van der Waals surface area contributed by atoms with Crippen LogP contribution in [0.4, 0.5) is 0 Å². The van der Waals surface area contributed by atoms with E-state index >= 15 is 0 Å². The largest absolute Gasteiger partial charge is 0.490 e. The van der Waals surface area contributed by atoms with Crippen molar-refractivity contribution < 1.29 is 19.0 Å². The number of benzene rings is 2. The van der Waals surface area contributed by atoms with E-state index in [1.54, 1.807) is 38.1 Å². The Kier molecular flexibility index (Phi) is 7.58. The van der Waals surface area contributed by atoms with Crippen molar-refractivity contribution in [1.82, 2.24) is 5.32 Å². The number of ether oxygens (including phenoxy) is 3. The standard InChI is InChI=1S/C22H28ClNO4/c1-6-26-19-13-8-16(14-20(19)27-7-2)15(3)24-21(25)22(4,5)28-18-11-9-17(23)10-12-18/h8-15H,6-7H2,1-5H3,(H,24,25). The highest BCUT2D eigenvalue weighted by Gasteiger charge is 2.31. The van der Waals surface area contributed by atoms with Gasteiger partial charge in [-0.2, -0.15) is 0 Å². The van der Waals surface area contributed by atoms with Crippen molar-refractivity contribution in [2.24, 2.45) is 0 Å². The zero-order valence-corrected chi connectivity index (χ0v) is 17.8. The van der Waals surface area contributed by atoms with E-state index in [2.05, 4.69) is 5.32 Å². The third kappa shape index (κ3) is 5.80. The number of nitrogens with one attached hydrogen (secondary N) is 1. The van der Waals surface area contributed by atoms with Crippen molar-refractivity contribution in [2.75, 3.05) is 13.2 Å². The minimum Gasteiger partial charge on any atom is -0.490 e. The van der Waals surface area contributed by atoms with Gasteiger partial charge in [-0.25, -0.2) is 0 Å². The fourth-order valence-electron chi connectivity index (χ4n) is 2.63. The predicted octanol–water partition coefficient (Wildman–Crippen LogP) is 5.17. The second kappa shape index (κ2) is 9.69. The maximum Gasteiger partial charge on any atom is 0.264 e. The summed E-state index contributed by atoms with van der Waals surface area (Å²) in [6.07, 6.45) is 0. The maximum absolute atomic E-state index is 12.8. The van der Waals surface area contributed by atoms with E-state index in [1.807, 2.05) is 39.0 Å². The fourth-order valence-corrected chi connectivity index (χ4v) is 2.76. The van der Waals surface area contributed by atoms with Crippen molar-refractivity contribution in [3.63, 3.8) is 0 Å². The Morgan fingerprint density at radius 2 is 1.64 bits per heavy atom. The molecule has 6 heteroatoms. The number of rotatable bonds is 9. The van der Waals surface area contributed by atoms with Crippen LogP contribution in [-0.4, -0.2) is 24.7 Å². The topological polar surface area (TPSA) is 56.8 Å². The summed E-state index contributed by atoms with van der Waals surface area (Å²) < 4.78 is 17.1. The summed E-state index contributed by atoms with van der Waals surface area (Å²) in [5, 5.41) is 3.62. The van der Waals surface area contributed by atoms with Crippen LogP contribution < -0.4 is 19.5 Å². The molecule has 0 aromatic heterocycles. The molecule has 1 amide bonds. The quantitative estimate of drug-likeness (QED) is 0.625. The van der Waals surface area contributed by atoms with E-state index in [9.17, 15) is 4.79 Å². The van der Waals surface area contributed by atoms with Crippen molar-refractivity contribution >= 4 is 17.5 Å². The van der Waals surface area contributed by atoms with Gasteiger partial charge < -0.3 is 19.5 Å². The molecule has 1 unspecified atom stereocenters. The third-order valence-corrected chi connectivity index (χ3v) is 4.40. The molecule has 152 valence electrons. The van der Waals surface area contributed by atoms with Gasteiger partial charge in [0.05, 0.1) is 19.3 Å². The van der Waals surface area contributed by atoms with Crippen LogP contribution in [0.2, 0.25) is 5.02 Å². The van der Waals surface area contributed by atoms with Crippen LogP contribution in [0.5, 0.6) is 17.2 Å². The lowest BCUT2D eigenvalue weighted by Crippen LogP contribution is -2.47. The number of hydrogen-bond acceptors (Lipinski definition) is 4. The Hall–Kier alpha value is -2.40. The van der Waals surface area contributed by atoms with Gasteiger partial charge in [-0.3, -0.25) is 4.79 Å².